The molecule has 40 heavy (non-hydrogen) atoms. The van der Waals surface area contributed by atoms with E-state index in [2.05, 4.69) is 21.3 Å². The molecule has 12 heteroatoms. The number of carbonyl (C=O) groups is 7. The number of rotatable bonds is 16. The van der Waals surface area contributed by atoms with Crippen LogP contribution < -0.4 is 21.3 Å². The summed E-state index contributed by atoms with van der Waals surface area (Å²) in [5, 5.41) is 9.89. The summed E-state index contributed by atoms with van der Waals surface area (Å²) in [7, 11) is 0. The molecule has 0 saturated carbocycles. The molecule has 0 aliphatic carbocycles. The summed E-state index contributed by atoms with van der Waals surface area (Å²) < 4.78 is 0. The molecule has 1 aromatic rings. The predicted molar refractivity (Wildman–Crippen MR) is 156 cm³/mol. The van der Waals surface area contributed by atoms with Crippen LogP contribution in [0.2, 0.25) is 0 Å². The van der Waals surface area contributed by atoms with Crippen molar-refractivity contribution in [2.24, 2.45) is 0 Å². The summed E-state index contributed by atoms with van der Waals surface area (Å²) in [6, 6.07) is 8.07. The van der Waals surface area contributed by atoms with Crippen LogP contribution in [0.5, 0.6) is 0 Å². The fraction of sp³-hybridized carbons (Fsp3) is 0.464. The van der Waals surface area contributed by atoms with Crippen LogP contribution in [0.4, 0.5) is 0 Å². The first-order chi connectivity index (χ1) is 19.2. The van der Waals surface area contributed by atoms with Crippen LogP contribution >= 0.6 is 0 Å². The summed E-state index contributed by atoms with van der Waals surface area (Å²) in [4.78, 5) is 84.1. The fourth-order valence-corrected chi connectivity index (χ4v) is 3.53. The second-order valence-electron chi connectivity index (χ2n) is 8.76. The molecular formula is C28H47N5O7. The maximum atomic E-state index is 12.5. The number of unbranched alkanes of at least 4 members (excludes halogenated alkanes) is 2. The van der Waals surface area contributed by atoms with Crippen molar-refractivity contribution in [2.75, 3.05) is 26.2 Å². The molecule has 1 heterocycles. The molecule has 0 unspecified atom stereocenters. The Balaban J connectivity index is -0.00000130. The van der Waals surface area contributed by atoms with Gasteiger partial charge in [0.05, 0.1) is 19.6 Å². The van der Waals surface area contributed by atoms with Gasteiger partial charge in [-0.3, -0.25) is 38.5 Å². The highest BCUT2D eigenvalue weighted by molar-refractivity contribution is 6.12. The molecule has 4 N–H and O–H groups in total. The summed E-state index contributed by atoms with van der Waals surface area (Å²) in [6.07, 6.45) is 4.53. The fourth-order valence-electron chi connectivity index (χ4n) is 3.53. The summed E-state index contributed by atoms with van der Waals surface area (Å²) >= 11 is 0. The molecule has 6 amide bonds. The molecule has 0 bridgehead atoms. The number of nitrogens with one attached hydrogen (secondary N) is 4. The molecule has 1 atom stereocenters. The van der Waals surface area contributed by atoms with E-state index in [1.54, 1.807) is 24.3 Å². The van der Waals surface area contributed by atoms with Gasteiger partial charge >= 0.3 is 0 Å². The Bertz CT molecular complexity index is 1070. The smallest absolute Gasteiger partial charge is 0.253 e. The number of hydrogen-bond donors (Lipinski definition) is 4. The normalized spacial score (nSPS) is 12.6. The van der Waals surface area contributed by atoms with Gasteiger partial charge in [0, 0.05) is 37.2 Å². The van der Waals surface area contributed by atoms with Gasteiger partial charge in [0.1, 0.15) is 11.8 Å². The van der Waals surface area contributed by atoms with Crippen LogP contribution in [-0.4, -0.2) is 78.3 Å². The topological polar surface area (TPSA) is 171 Å². The number of benzene rings is 1. The third-order valence-corrected chi connectivity index (χ3v) is 5.52. The molecule has 0 saturated heterocycles. The molecule has 1 aromatic carbocycles. The lowest BCUT2D eigenvalue weighted by molar-refractivity contribution is -0.137. The lowest BCUT2D eigenvalue weighted by Gasteiger charge is -2.18. The molecule has 0 fully saturated rings. The minimum Gasteiger partial charge on any atom is -0.347 e. The first-order valence-electron chi connectivity index (χ1n) is 13.3. The molecule has 1 aliphatic rings. The zero-order valence-corrected chi connectivity index (χ0v) is 23.3. The second-order valence-corrected chi connectivity index (χ2v) is 8.76. The second kappa shape index (κ2) is 18.8. The van der Waals surface area contributed by atoms with E-state index in [-0.39, 0.29) is 55.1 Å². The Morgan fingerprint density at radius 3 is 2.00 bits per heavy atom. The molecule has 0 aromatic heterocycles. The maximum absolute atomic E-state index is 12.5. The minimum absolute atomic E-state index is 0. The number of carbonyl (C=O) groups excluding carboxylic acids is 7. The first kappa shape index (κ1) is 33.7. The highest BCUT2D eigenvalue weighted by Crippen LogP contribution is 2.07. The van der Waals surface area contributed by atoms with Gasteiger partial charge in [-0.05, 0) is 25.3 Å². The maximum Gasteiger partial charge on any atom is 0.253 e. The number of amides is 6. The lowest BCUT2D eigenvalue weighted by Crippen LogP contribution is -2.51. The zero-order valence-electron chi connectivity index (χ0n) is 23.3. The summed E-state index contributed by atoms with van der Waals surface area (Å²) in [5.41, 5.74) is 0.803. The predicted octanol–water partition coefficient (Wildman–Crippen LogP) is 1.15. The standard InChI is InChI=1S/C26H33N5O7.C2H6.4H2/c1-18(32)15-29-26(38)20(14-19-8-4-2-5-9-19)30-23(35)17-28-22(34)16-27-21(33)10-6-3-7-13-31-24(36)11-12-25(31)37;1-2;;;;/h2,4-5,8-9,11-12,20H,3,6-7,10,13-17H2,1H3,(H,27,33)(H,28,34)(H,29,38)(H,30,35);1-2H3;4*1H/t20-;;;;;/m0...../s1. The van der Waals surface area contributed by atoms with Crippen molar-refractivity contribution in [3.63, 3.8) is 0 Å². The van der Waals surface area contributed by atoms with Crippen molar-refractivity contribution < 1.29 is 39.3 Å². The van der Waals surface area contributed by atoms with Crippen LogP contribution in [0.15, 0.2) is 42.5 Å². The van der Waals surface area contributed by atoms with Gasteiger partial charge in [-0.15, -0.1) is 0 Å². The van der Waals surface area contributed by atoms with Crippen molar-refractivity contribution in [2.45, 2.75) is 58.9 Å². The van der Waals surface area contributed by atoms with Crippen LogP contribution in [0.25, 0.3) is 0 Å². The van der Waals surface area contributed by atoms with Gasteiger partial charge in [-0.25, -0.2) is 0 Å². The number of ketones is 1. The Hall–Kier alpha value is -4.35. The Labute approximate surface area is 240 Å². The van der Waals surface area contributed by atoms with E-state index in [0.29, 0.717) is 25.8 Å². The monoisotopic (exact) mass is 565 g/mol. The van der Waals surface area contributed by atoms with E-state index >= 15 is 0 Å². The van der Waals surface area contributed by atoms with Crippen molar-refractivity contribution in [3.05, 3.63) is 48.0 Å². The minimum atomic E-state index is -0.946. The highest BCUT2D eigenvalue weighted by atomic mass is 16.2. The lowest BCUT2D eigenvalue weighted by atomic mass is 10.1. The molecule has 226 valence electrons. The van der Waals surface area contributed by atoms with E-state index in [1.165, 1.54) is 19.1 Å². The van der Waals surface area contributed by atoms with Gasteiger partial charge in [0.25, 0.3) is 11.8 Å². The summed E-state index contributed by atoms with van der Waals surface area (Å²) in [6.45, 7) is 4.75. The Morgan fingerprint density at radius 2 is 1.38 bits per heavy atom. The average molecular weight is 566 g/mol. The van der Waals surface area contributed by atoms with E-state index in [9.17, 15) is 33.6 Å². The van der Waals surface area contributed by atoms with Gasteiger partial charge in [0.2, 0.25) is 23.6 Å². The SMILES string of the molecule is CC.CC(=O)CNC(=O)[C@H](Cc1ccccc1)NC(=O)CNC(=O)CNC(=O)CCCCCN1C(=O)C=CC1=O.[HH].[HH].[HH].[HH]. The average Bonchev–Trinajstić information content (AvgIpc) is 3.27. The van der Waals surface area contributed by atoms with E-state index in [1.807, 2.05) is 19.9 Å². The van der Waals surface area contributed by atoms with Crippen LogP contribution in [0.3, 0.4) is 0 Å². The highest BCUT2D eigenvalue weighted by Gasteiger charge is 2.23. The van der Waals surface area contributed by atoms with Gasteiger partial charge < -0.3 is 21.3 Å². The number of Topliss-reactive ketones (excluding diaryl/α,β-unsaturated/α-hetero) is 1. The van der Waals surface area contributed by atoms with Crippen LogP contribution in [-0.2, 0) is 40.0 Å². The number of hydrogen-bond acceptors (Lipinski definition) is 7. The van der Waals surface area contributed by atoms with Crippen LogP contribution in [0.1, 0.15) is 57.7 Å². The molecule has 1 aliphatic heterocycles. The molecule has 0 spiro atoms. The largest absolute Gasteiger partial charge is 0.347 e. The third-order valence-electron chi connectivity index (χ3n) is 5.52. The van der Waals surface area contributed by atoms with Gasteiger partial charge in [0.15, 0.2) is 0 Å². The van der Waals surface area contributed by atoms with Crippen molar-refractivity contribution in [1.82, 2.24) is 26.2 Å². The van der Waals surface area contributed by atoms with Crippen LogP contribution in [0, 0.1) is 0 Å². The summed E-state index contributed by atoms with van der Waals surface area (Å²) in [5.74, 6) is -2.95. The first-order valence-corrected chi connectivity index (χ1v) is 13.3. The van der Waals surface area contributed by atoms with E-state index < -0.39 is 30.3 Å². The van der Waals surface area contributed by atoms with Crippen molar-refractivity contribution in [1.29, 1.82) is 0 Å². The van der Waals surface area contributed by atoms with E-state index in [0.717, 1.165) is 10.5 Å². The molecule has 12 nitrogen and oxygen atoms in total. The molecule has 2 rings (SSSR count). The third kappa shape index (κ3) is 13.4. The number of imide groups is 1. The van der Waals surface area contributed by atoms with E-state index in [4.69, 9.17) is 0 Å². The zero-order chi connectivity index (χ0) is 29.9. The Kier molecular flexibility index (Phi) is 15.9. The molecule has 0 radical (unpaired) electrons. The molecular weight excluding hydrogens is 518 g/mol. The van der Waals surface area contributed by atoms with Crippen molar-refractivity contribution >= 4 is 41.2 Å². The number of nitrogens with zero attached hydrogens (tertiary/aromatic N) is 1. The Morgan fingerprint density at radius 1 is 0.775 bits per heavy atom. The van der Waals surface area contributed by atoms with Crippen molar-refractivity contribution in [3.8, 4) is 0 Å². The van der Waals surface area contributed by atoms with Gasteiger partial charge in [-0.2, -0.15) is 0 Å². The quantitative estimate of drug-likeness (QED) is 0.172. The van der Waals surface area contributed by atoms with Gasteiger partial charge in [-0.1, -0.05) is 50.6 Å².